The summed E-state index contributed by atoms with van der Waals surface area (Å²) in [4.78, 5) is 23.5. The lowest BCUT2D eigenvalue weighted by atomic mass is 10.1. The average Bonchev–Trinajstić information content (AvgIpc) is 2.60. The summed E-state index contributed by atoms with van der Waals surface area (Å²) in [5, 5.41) is 0. The molecule has 0 heterocycles. The molecule has 4 heteroatoms. The van der Waals surface area contributed by atoms with E-state index in [0.717, 1.165) is 5.56 Å². The van der Waals surface area contributed by atoms with Crippen molar-refractivity contribution in [1.29, 1.82) is 0 Å². The van der Waals surface area contributed by atoms with Gasteiger partial charge in [0.25, 0.3) is 0 Å². The molecule has 4 nitrogen and oxygen atoms in total. The van der Waals surface area contributed by atoms with Crippen LogP contribution in [0, 0.1) is 0 Å². The van der Waals surface area contributed by atoms with Crippen molar-refractivity contribution in [2.24, 2.45) is 0 Å². The number of rotatable bonds is 2. The highest BCUT2D eigenvalue weighted by molar-refractivity contribution is 6.10. The van der Waals surface area contributed by atoms with Gasteiger partial charge < -0.3 is 9.47 Å². The van der Waals surface area contributed by atoms with Gasteiger partial charge in [-0.15, -0.1) is 0 Å². The molecule has 0 N–H and O–H groups in total. The Hall–Kier alpha value is -2.36. The number of hydrogen-bond acceptors (Lipinski definition) is 4. The molecule has 0 spiro atoms. The Labute approximate surface area is 104 Å². The van der Waals surface area contributed by atoms with Crippen LogP contribution < -0.4 is 0 Å². The summed E-state index contributed by atoms with van der Waals surface area (Å²) in [6.07, 6.45) is 0. The molecule has 0 radical (unpaired) electrons. The van der Waals surface area contributed by atoms with Gasteiger partial charge in [-0.05, 0) is 17.2 Å². The summed E-state index contributed by atoms with van der Waals surface area (Å²) in [6.45, 7) is 0. The number of esters is 2. The fourth-order valence-electron chi connectivity index (χ4n) is 1.88. The zero-order valence-corrected chi connectivity index (χ0v) is 10.1. The fourth-order valence-corrected chi connectivity index (χ4v) is 1.88. The van der Waals surface area contributed by atoms with Gasteiger partial charge >= 0.3 is 11.9 Å². The lowest BCUT2D eigenvalue weighted by Crippen LogP contribution is -2.09. The van der Waals surface area contributed by atoms with Crippen molar-refractivity contribution in [1.82, 2.24) is 0 Å². The number of ether oxygens (including phenoxy) is 2. The second-order valence-electron chi connectivity index (χ2n) is 3.70. The molecular formula is C14H12O4. The van der Waals surface area contributed by atoms with Gasteiger partial charge in [0.05, 0.1) is 25.3 Å². The zero-order chi connectivity index (χ0) is 13.1. The molecule has 2 aliphatic rings. The molecule has 0 aliphatic heterocycles. The minimum atomic E-state index is -0.547. The Morgan fingerprint density at radius 1 is 0.944 bits per heavy atom. The maximum atomic E-state index is 11.8. The highest BCUT2D eigenvalue weighted by Gasteiger charge is 2.26. The van der Waals surface area contributed by atoms with Crippen LogP contribution >= 0.6 is 0 Å². The lowest BCUT2D eigenvalue weighted by molar-refractivity contribution is 0.0557. The maximum Gasteiger partial charge on any atom is 0.339 e. The predicted octanol–water partition coefficient (Wildman–Crippen LogP) is 2.36. The van der Waals surface area contributed by atoms with Crippen molar-refractivity contribution in [2.75, 3.05) is 14.2 Å². The van der Waals surface area contributed by atoms with E-state index in [1.54, 1.807) is 18.2 Å². The predicted molar refractivity (Wildman–Crippen MR) is 65.7 cm³/mol. The molecule has 0 aromatic carbocycles. The molecule has 2 aliphatic carbocycles. The van der Waals surface area contributed by atoms with Gasteiger partial charge in [-0.25, -0.2) is 9.59 Å². The van der Waals surface area contributed by atoms with E-state index in [4.69, 9.17) is 4.74 Å². The van der Waals surface area contributed by atoms with E-state index < -0.39 is 11.9 Å². The number of hydrogen-bond donors (Lipinski definition) is 0. The molecule has 92 valence electrons. The number of methoxy groups -OCH3 is 2. The molecule has 0 saturated carbocycles. The minimum absolute atomic E-state index is 0.227. The van der Waals surface area contributed by atoms with Crippen LogP contribution in [0.15, 0.2) is 36.4 Å². The minimum Gasteiger partial charge on any atom is -0.465 e. The van der Waals surface area contributed by atoms with Crippen molar-refractivity contribution >= 4 is 11.9 Å². The first-order chi connectivity index (χ1) is 8.69. The van der Waals surface area contributed by atoms with E-state index >= 15 is 0 Å². The number of fused-ring (bicyclic) bond motifs is 1. The second kappa shape index (κ2) is 4.87. The number of carbonyl (C=O) groups is 2. The van der Waals surface area contributed by atoms with Gasteiger partial charge in [0.15, 0.2) is 0 Å². The molecule has 0 unspecified atom stereocenters. The largest absolute Gasteiger partial charge is 0.465 e. The molecule has 0 saturated heterocycles. The third-order valence-corrected chi connectivity index (χ3v) is 2.71. The molecule has 0 bridgehead atoms. The van der Waals surface area contributed by atoms with E-state index in [0.29, 0.717) is 5.56 Å². The first-order valence-electron chi connectivity index (χ1n) is 5.37. The molecule has 0 fully saturated rings. The summed E-state index contributed by atoms with van der Waals surface area (Å²) in [5.74, 6) is -1.09. The Balaban J connectivity index is 2.73. The van der Waals surface area contributed by atoms with Gasteiger partial charge in [-0.1, -0.05) is 30.3 Å². The molecule has 0 amide bonds. The summed E-state index contributed by atoms with van der Waals surface area (Å²) in [7, 11) is 2.56. The first-order valence-corrected chi connectivity index (χ1v) is 5.37. The van der Waals surface area contributed by atoms with E-state index in [-0.39, 0.29) is 11.1 Å². The molecule has 2 rings (SSSR count). The highest BCUT2D eigenvalue weighted by atomic mass is 16.5. The van der Waals surface area contributed by atoms with Gasteiger partial charge in [0, 0.05) is 0 Å². The van der Waals surface area contributed by atoms with Crippen LogP contribution in [0.1, 0.15) is 20.7 Å². The van der Waals surface area contributed by atoms with Crippen molar-refractivity contribution < 1.29 is 19.1 Å². The monoisotopic (exact) mass is 244 g/mol. The van der Waals surface area contributed by atoms with Gasteiger partial charge in [0.1, 0.15) is 0 Å². The van der Waals surface area contributed by atoms with Gasteiger partial charge in [-0.2, -0.15) is 0 Å². The Kier molecular flexibility index (Phi) is 3.28. The highest BCUT2D eigenvalue weighted by Crippen LogP contribution is 2.32. The fraction of sp³-hybridized carbons (Fsp3) is 0.143. The topological polar surface area (TPSA) is 52.6 Å². The summed E-state index contributed by atoms with van der Waals surface area (Å²) < 4.78 is 9.40. The maximum absolute atomic E-state index is 11.8. The van der Waals surface area contributed by atoms with Crippen LogP contribution in [-0.2, 0) is 9.47 Å². The van der Waals surface area contributed by atoms with Crippen molar-refractivity contribution in [3.63, 3.8) is 0 Å². The number of carbonyl (C=O) groups excluding carboxylic acids is 2. The standard InChI is InChI=1S/C14H12O4/c1-17-13(15)11-8-9-6-4-3-5-7-10(9)12(11)14(16)18-2/h3-8H,1-2H3. The second-order valence-corrected chi connectivity index (χ2v) is 3.70. The smallest absolute Gasteiger partial charge is 0.339 e. The van der Waals surface area contributed by atoms with Crippen LogP contribution in [0.4, 0.5) is 0 Å². The molecule has 0 aromatic heterocycles. The van der Waals surface area contributed by atoms with E-state index in [1.807, 2.05) is 18.2 Å². The van der Waals surface area contributed by atoms with Crippen LogP contribution in [0.2, 0.25) is 0 Å². The summed E-state index contributed by atoms with van der Waals surface area (Å²) in [6, 6.07) is 10.7. The first kappa shape index (κ1) is 12.1. The Morgan fingerprint density at radius 3 is 2.28 bits per heavy atom. The quantitative estimate of drug-likeness (QED) is 0.761. The molecular weight excluding hydrogens is 232 g/mol. The van der Waals surface area contributed by atoms with Gasteiger partial charge in [0.2, 0.25) is 0 Å². The van der Waals surface area contributed by atoms with Crippen LogP contribution in [-0.4, -0.2) is 26.2 Å². The zero-order valence-electron chi connectivity index (χ0n) is 10.1. The SMILES string of the molecule is COC(=O)c1cc2cccccc-2c1C(=O)OC. The van der Waals surface area contributed by atoms with Crippen LogP contribution in [0.25, 0.3) is 11.1 Å². The van der Waals surface area contributed by atoms with E-state index in [2.05, 4.69) is 4.74 Å². The Morgan fingerprint density at radius 2 is 1.61 bits per heavy atom. The summed E-state index contributed by atoms with van der Waals surface area (Å²) in [5.41, 5.74) is 1.94. The normalized spacial score (nSPS) is 10.1. The van der Waals surface area contributed by atoms with Crippen molar-refractivity contribution in [3.8, 4) is 11.1 Å². The van der Waals surface area contributed by atoms with Crippen LogP contribution in [0.5, 0.6) is 0 Å². The molecule has 0 atom stereocenters. The third-order valence-electron chi connectivity index (χ3n) is 2.71. The summed E-state index contributed by atoms with van der Waals surface area (Å²) >= 11 is 0. The van der Waals surface area contributed by atoms with Gasteiger partial charge in [-0.3, -0.25) is 0 Å². The average molecular weight is 244 g/mol. The van der Waals surface area contributed by atoms with E-state index in [9.17, 15) is 9.59 Å². The molecule has 18 heavy (non-hydrogen) atoms. The van der Waals surface area contributed by atoms with Crippen molar-refractivity contribution in [3.05, 3.63) is 47.5 Å². The van der Waals surface area contributed by atoms with Crippen molar-refractivity contribution in [2.45, 2.75) is 0 Å². The molecule has 0 aromatic rings. The van der Waals surface area contributed by atoms with Crippen LogP contribution in [0.3, 0.4) is 0 Å². The van der Waals surface area contributed by atoms with E-state index in [1.165, 1.54) is 14.2 Å². The lowest BCUT2D eigenvalue weighted by Gasteiger charge is -2.02. The Bertz CT molecular complexity index is 574. The third kappa shape index (κ3) is 1.93.